The minimum absolute atomic E-state index is 0.0471. The summed E-state index contributed by atoms with van der Waals surface area (Å²) in [6, 6.07) is 13.0. The molecule has 1 aliphatic rings. The lowest BCUT2D eigenvalue weighted by atomic mass is 10.2. The van der Waals surface area contributed by atoms with Gasteiger partial charge >= 0.3 is 5.97 Å². The van der Waals surface area contributed by atoms with Crippen LogP contribution in [0, 0.1) is 10.1 Å². The van der Waals surface area contributed by atoms with E-state index in [4.69, 9.17) is 9.47 Å². The largest absolute Gasteiger partial charge is 0.494 e. The Morgan fingerprint density at radius 1 is 1.24 bits per heavy atom. The van der Waals surface area contributed by atoms with Gasteiger partial charge in [-0.1, -0.05) is 18.2 Å². The molecule has 7 heteroatoms. The number of ether oxygens (including phenoxy) is 2. The molecule has 7 nitrogen and oxygen atoms in total. The minimum atomic E-state index is -0.601. The SMILES string of the molecule is CCOc1ccc(/C=C2/N=C(c3cccc([N+](=O)[O-])c3)OC2=O)cc1. The Balaban J connectivity index is 1.87. The van der Waals surface area contributed by atoms with Crippen LogP contribution in [0.3, 0.4) is 0 Å². The summed E-state index contributed by atoms with van der Waals surface area (Å²) in [6.45, 7) is 2.47. The summed E-state index contributed by atoms with van der Waals surface area (Å²) in [5.41, 5.74) is 1.17. The number of nitro groups is 1. The standard InChI is InChI=1S/C18H14N2O5/c1-2-24-15-8-6-12(7-9-15)10-16-18(21)25-17(19-16)13-4-3-5-14(11-13)20(22)23/h3-11H,2H2,1H3/b16-10+. The lowest BCUT2D eigenvalue weighted by Gasteiger charge is -2.02. The van der Waals surface area contributed by atoms with Crippen molar-refractivity contribution in [1.29, 1.82) is 0 Å². The molecular formula is C18H14N2O5. The fourth-order valence-electron chi connectivity index (χ4n) is 2.27. The molecule has 0 saturated carbocycles. The van der Waals surface area contributed by atoms with Gasteiger partial charge in [0.05, 0.1) is 11.5 Å². The first-order valence-electron chi connectivity index (χ1n) is 7.57. The third-order valence-corrected chi connectivity index (χ3v) is 3.42. The molecular weight excluding hydrogens is 324 g/mol. The maximum atomic E-state index is 12.0. The highest BCUT2D eigenvalue weighted by atomic mass is 16.6. The lowest BCUT2D eigenvalue weighted by Crippen LogP contribution is -2.05. The molecule has 0 radical (unpaired) electrons. The van der Waals surface area contributed by atoms with Crippen LogP contribution in [0.1, 0.15) is 18.1 Å². The van der Waals surface area contributed by atoms with E-state index in [1.165, 1.54) is 18.2 Å². The highest BCUT2D eigenvalue weighted by Crippen LogP contribution is 2.22. The van der Waals surface area contributed by atoms with Gasteiger partial charge in [0.15, 0.2) is 5.70 Å². The van der Waals surface area contributed by atoms with E-state index in [-0.39, 0.29) is 17.3 Å². The average molecular weight is 338 g/mol. The average Bonchev–Trinajstić information content (AvgIpc) is 2.98. The van der Waals surface area contributed by atoms with Crippen LogP contribution in [0.2, 0.25) is 0 Å². The molecule has 0 unspecified atom stereocenters. The first-order chi connectivity index (χ1) is 12.1. The van der Waals surface area contributed by atoms with Gasteiger partial charge < -0.3 is 9.47 Å². The number of nitro benzene ring substituents is 1. The highest BCUT2D eigenvalue weighted by Gasteiger charge is 2.25. The smallest absolute Gasteiger partial charge is 0.363 e. The zero-order valence-electron chi connectivity index (χ0n) is 13.3. The Labute approximate surface area is 143 Å². The van der Waals surface area contributed by atoms with Gasteiger partial charge in [0.25, 0.3) is 5.69 Å². The molecule has 0 aromatic heterocycles. The van der Waals surface area contributed by atoms with Gasteiger partial charge in [-0.05, 0) is 36.8 Å². The zero-order chi connectivity index (χ0) is 17.8. The molecule has 126 valence electrons. The van der Waals surface area contributed by atoms with Crippen molar-refractivity contribution in [1.82, 2.24) is 0 Å². The molecule has 0 N–H and O–H groups in total. The zero-order valence-corrected chi connectivity index (χ0v) is 13.3. The molecule has 3 rings (SSSR count). The summed E-state index contributed by atoms with van der Waals surface area (Å²) in [5.74, 6) is 0.181. The predicted octanol–water partition coefficient (Wildman–Crippen LogP) is 3.34. The van der Waals surface area contributed by atoms with E-state index in [9.17, 15) is 14.9 Å². The van der Waals surface area contributed by atoms with Crippen LogP contribution in [-0.2, 0) is 9.53 Å². The first kappa shape index (κ1) is 16.4. The van der Waals surface area contributed by atoms with Crippen molar-refractivity contribution in [2.75, 3.05) is 6.61 Å². The summed E-state index contributed by atoms with van der Waals surface area (Å²) >= 11 is 0. The van der Waals surface area contributed by atoms with Crippen molar-refractivity contribution in [3.63, 3.8) is 0 Å². The number of hydrogen-bond acceptors (Lipinski definition) is 6. The fraction of sp³-hybridized carbons (Fsp3) is 0.111. The van der Waals surface area contributed by atoms with E-state index in [1.54, 1.807) is 36.4 Å². The quantitative estimate of drug-likeness (QED) is 0.361. The molecule has 0 atom stereocenters. The van der Waals surface area contributed by atoms with Crippen molar-refractivity contribution in [2.24, 2.45) is 4.99 Å². The number of rotatable bonds is 5. The van der Waals surface area contributed by atoms with Crippen LogP contribution < -0.4 is 4.74 Å². The molecule has 0 saturated heterocycles. The van der Waals surface area contributed by atoms with E-state index in [1.807, 2.05) is 6.92 Å². The lowest BCUT2D eigenvalue weighted by molar-refractivity contribution is -0.384. The Kier molecular flexibility index (Phi) is 4.56. The number of cyclic esters (lactones) is 1. The van der Waals surface area contributed by atoms with Crippen LogP contribution in [0.5, 0.6) is 5.75 Å². The van der Waals surface area contributed by atoms with Crippen molar-refractivity contribution < 1.29 is 19.2 Å². The van der Waals surface area contributed by atoms with Crippen molar-refractivity contribution >= 4 is 23.6 Å². The van der Waals surface area contributed by atoms with Gasteiger partial charge in [0, 0.05) is 17.7 Å². The maximum Gasteiger partial charge on any atom is 0.363 e. The monoisotopic (exact) mass is 338 g/mol. The number of hydrogen-bond donors (Lipinski definition) is 0. The summed E-state index contributed by atoms with van der Waals surface area (Å²) in [7, 11) is 0. The topological polar surface area (TPSA) is 91.0 Å². The number of carbonyl (C=O) groups excluding carboxylic acids is 1. The highest BCUT2D eigenvalue weighted by molar-refractivity contribution is 6.13. The van der Waals surface area contributed by atoms with E-state index >= 15 is 0 Å². The van der Waals surface area contributed by atoms with Crippen LogP contribution in [0.25, 0.3) is 6.08 Å². The molecule has 0 aliphatic carbocycles. The van der Waals surface area contributed by atoms with Crippen molar-refractivity contribution in [3.05, 3.63) is 75.5 Å². The number of benzene rings is 2. The molecule has 2 aromatic rings. The minimum Gasteiger partial charge on any atom is -0.494 e. The van der Waals surface area contributed by atoms with Gasteiger partial charge in [-0.2, -0.15) is 0 Å². The second kappa shape index (κ2) is 6.96. The second-order valence-corrected chi connectivity index (χ2v) is 5.15. The van der Waals surface area contributed by atoms with E-state index in [0.29, 0.717) is 12.2 Å². The number of non-ortho nitro benzene ring substituents is 1. The van der Waals surface area contributed by atoms with Crippen molar-refractivity contribution in [2.45, 2.75) is 6.92 Å². The predicted molar refractivity (Wildman–Crippen MR) is 91.3 cm³/mol. The third kappa shape index (κ3) is 3.72. The molecule has 0 amide bonds. The van der Waals surface area contributed by atoms with E-state index < -0.39 is 10.9 Å². The molecule has 0 bridgehead atoms. The van der Waals surface area contributed by atoms with E-state index in [2.05, 4.69) is 4.99 Å². The molecule has 2 aromatic carbocycles. The summed E-state index contributed by atoms with van der Waals surface area (Å²) in [5, 5.41) is 10.8. The fourth-order valence-corrected chi connectivity index (χ4v) is 2.27. The second-order valence-electron chi connectivity index (χ2n) is 5.15. The van der Waals surface area contributed by atoms with Gasteiger partial charge in [-0.25, -0.2) is 9.79 Å². The van der Waals surface area contributed by atoms with Crippen LogP contribution in [0.4, 0.5) is 5.69 Å². The number of nitrogens with zero attached hydrogens (tertiary/aromatic N) is 2. The van der Waals surface area contributed by atoms with Gasteiger partial charge in [0.2, 0.25) is 5.90 Å². The third-order valence-electron chi connectivity index (χ3n) is 3.42. The Bertz CT molecular complexity index is 885. The Hall–Kier alpha value is -3.48. The van der Waals surface area contributed by atoms with Gasteiger partial charge in [0.1, 0.15) is 5.75 Å². The Morgan fingerprint density at radius 2 is 2.00 bits per heavy atom. The van der Waals surface area contributed by atoms with Crippen LogP contribution >= 0.6 is 0 Å². The summed E-state index contributed by atoms with van der Waals surface area (Å²) in [4.78, 5) is 26.5. The summed E-state index contributed by atoms with van der Waals surface area (Å²) in [6.07, 6.45) is 1.59. The van der Waals surface area contributed by atoms with Crippen LogP contribution in [0.15, 0.2) is 59.2 Å². The maximum absolute atomic E-state index is 12.0. The van der Waals surface area contributed by atoms with Gasteiger partial charge in [-0.15, -0.1) is 0 Å². The molecule has 0 fully saturated rings. The van der Waals surface area contributed by atoms with E-state index in [0.717, 1.165) is 11.3 Å². The number of carbonyl (C=O) groups is 1. The number of esters is 1. The van der Waals surface area contributed by atoms with Crippen molar-refractivity contribution in [3.8, 4) is 5.75 Å². The molecule has 1 heterocycles. The Morgan fingerprint density at radius 3 is 2.68 bits per heavy atom. The van der Waals surface area contributed by atoms with Gasteiger partial charge in [-0.3, -0.25) is 10.1 Å². The van der Waals surface area contributed by atoms with Crippen LogP contribution in [-0.4, -0.2) is 23.4 Å². The summed E-state index contributed by atoms with van der Waals surface area (Å²) < 4.78 is 10.5. The molecule has 0 spiro atoms. The normalized spacial score (nSPS) is 15.0. The first-order valence-corrected chi connectivity index (χ1v) is 7.57. The molecule has 25 heavy (non-hydrogen) atoms. The molecule has 1 aliphatic heterocycles. The number of aliphatic imine (C=N–C) groups is 1.